The summed E-state index contributed by atoms with van der Waals surface area (Å²) in [6.07, 6.45) is 17.0. The molecule has 1 amide bonds. The smallest absolute Gasteiger partial charge is 0.222 e. The maximum absolute atomic E-state index is 13.2. The Morgan fingerprint density at radius 3 is 2.45 bits per heavy atom. The second-order valence-electron chi connectivity index (χ2n) is 14.4. The van der Waals surface area contributed by atoms with Crippen LogP contribution >= 0.6 is 0 Å². The van der Waals surface area contributed by atoms with Crippen LogP contribution < -0.4 is 4.90 Å². The Morgan fingerprint density at radius 2 is 1.68 bits per heavy atom. The van der Waals surface area contributed by atoms with Crippen molar-refractivity contribution in [2.45, 2.75) is 97.5 Å². The molecule has 4 unspecified atom stereocenters. The number of hydrogen-bond donors (Lipinski definition) is 1. The average Bonchev–Trinajstić information content (AvgIpc) is 3.30. The van der Waals surface area contributed by atoms with E-state index in [1.807, 2.05) is 12.4 Å². The van der Waals surface area contributed by atoms with Gasteiger partial charge >= 0.3 is 0 Å². The molecule has 9 atom stereocenters. The second-order valence-corrected chi connectivity index (χ2v) is 14.4. The van der Waals surface area contributed by atoms with Crippen LogP contribution in [-0.2, 0) is 4.79 Å². The lowest BCUT2D eigenvalue weighted by Gasteiger charge is -2.61. The predicted octanol–water partition coefficient (Wildman–Crippen LogP) is 6.17. The van der Waals surface area contributed by atoms with Crippen molar-refractivity contribution < 1.29 is 9.90 Å². The van der Waals surface area contributed by atoms with Crippen LogP contribution in [0.5, 0.6) is 0 Å². The van der Waals surface area contributed by atoms with Crippen molar-refractivity contribution in [1.29, 1.82) is 0 Å². The zero-order valence-electron chi connectivity index (χ0n) is 24.2. The lowest BCUT2D eigenvalue weighted by molar-refractivity contribution is -0.133. The average molecular weight is 522 g/mol. The summed E-state index contributed by atoms with van der Waals surface area (Å²) < 4.78 is 0. The number of fused-ring (bicyclic) bond motifs is 5. The molecule has 210 valence electrons. The van der Waals surface area contributed by atoms with E-state index in [9.17, 15) is 9.90 Å². The Morgan fingerprint density at radius 1 is 0.974 bits per heavy atom. The van der Waals surface area contributed by atoms with E-state index in [-0.39, 0.29) is 6.10 Å². The fourth-order valence-corrected chi connectivity index (χ4v) is 10.7. The lowest BCUT2D eigenvalue weighted by Crippen LogP contribution is -2.54. The first-order valence-corrected chi connectivity index (χ1v) is 15.9. The van der Waals surface area contributed by atoms with Crippen LogP contribution in [-0.4, -0.2) is 53.2 Å². The highest BCUT2D eigenvalue weighted by atomic mass is 16.3. The molecule has 5 aliphatic rings. The maximum Gasteiger partial charge on any atom is 0.222 e. The topological polar surface area (TPSA) is 56.7 Å². The monoisotopic (exact) mass is 521 g/mol. The molecule has 1 saturated heterocycles. The predicted molar refractivity (Wildman–Crippen MR) is 153 cm³/mol. The Bertz CT molecular complexity index is 978. The van der Waals surface area contributed by atoms with Gasteiger partial charge in [0.2, 0.25) is 5.91 Å². The fourth-order valence-electron chi connectivity index (χ4n) is 10.7. The van der Waals surface area contributed by atoms with E-state index in [0.29, 0.717) is 29.1 Å². The Hall–Kier alpha value is -1.62. The number of anilines is 1. The van der Waals surface area contributed by atoms with Crippen LogP contribution in [0.15, 0.2) is 24.5 Å². The molecule has 5 nitrogen and oxygen atoms in total. The van der Waals surface area contributed by atoms with Gasteiger partial charge < -0.3 is 14.9 Å². The molecule has 0 aromatic carbocycles. The first-order chi connectivity index (χ1) is 18.3. The van der Waals surface area contributed by atoms with E-state index in [1.54, 1.807) is 0 Å². The summed E-state index contributed by atoms with van der Waals surface area (Å²) in [7, 11) is 0. The second kappa shape index (κ2) is 10.4. The molecule has 5 fully saturated rings. The highest BCUT2D eigenvalue weighted by molar-refractivity contribution is 5.76. The summed E-state index contributed by atoms with van der Waals surface area (Å²) >= 11 is 0. The number of pyridine rings is 1. The van der Waals surface area contributed by atoms with E-state index >= 15 is 0 Å². The zero-order chi connectivity index (χ0) is 26.5. The molecule has 1 aromatic heterocycles. The van der Waals surface area contributed by atoms with Gasteiger partial charge in [0, 0.05) is 50.7 Å². The molecule has 1 aliphatic heterocycles. The number of rotatable bonds is 5. The molecule has 1 aromatic rings. The minimum atomic E-state index is -0.0526. The third-order valence-electron chi connectivity index (χ3n) is 12.9. The SMILES string of the molecule is C[C@H](CCC(=O)N1CCN(c2ccncc2)CC1)[C@H]1CCC2C3CCC4C[C@H](O)CC[C@]4(C)C3CC[C@@]21C. The van der Waals surface area contributed by atoms with Crippen molar-refractivity contribution in [3.05, 3.63) is 24.5 Å². The van der Waals surface area contributed by atoms with E-state index < -0.39 is 0 Å². The summed E-state index contributed by atoms with van der Waals surface area (Å²) in [6.45, 7) is 11.2. The van der Waals surface area contributed by atoms with Gasteiger partial charge in [0.25, 0.3) is 0 Å². The number of carbonyl (C=O) groups is 1. The van der Waals surface area contributed by atoms with Gasteiger partial charge in [0.05, 0.1) is 6.10 Å². The van der Waals surface area contributed by atoms with Crippen LogP contribution in [0.4, 0.5) is 5.69 Å². The van der Waals surface area contributed by atoms with Gasteiger partial charge in [-0.2, -0.15) is 0 Å². The van der Waals surface area contributed by atoms with E-state index in [4.69, 9.17) is 0 Å². The third-order valence-corrected chi connectivity index (χ3v) is 12.9. The van der Waals surface area contributed by atoms with Crippen LogP contribution in [0.25, 0.3) is 0 Å². The Kier molecular flexibility index (Phi) is 7.29. The van der Waals surface area contributed by atoms with Crippen LogP contribution in [0, 0.1) is 46.3 Å². The van der Waals surface area contributed by atoms with Gasteiger partial charge in [-0.15, -0.1) is 0 Å². The quantitative estimate of drug-likeness (QED) is 0.504. The first-order valence-electron chi connectivity index (χ1n) is 15.9. The van der Waals surface area contributed by atoms with Gasteiger partial charge in [-0.25, -0.2) is 0 Å². The normalized spacial score (nSPS) is 41.7. The minimum absolute atomic E-state index is 0.0526. The van der Waals surface area contributed by atoms with Crippen molar-refractivity contribution in [3.8, 4) is 0 Å². The molecule has 1 N–H and O–H groups in total. The Labute approximate surface area is 230 Å². The molecule has 5 heteroatoms. The standard InChI is InChI=1S/C33H51N3O2/c1-23(4-9-31(38)36-20-18-35(19-21-36)25-12-16-34-17-13-25)28-7-8-29-27-6-5-24-22-26(37)10-14-32(24,2)30(27)11-15-33(28,29)3/h12-13,16-17,23-24,26-30,37H,4-11,14-15,18-22H2,1-3H3/t23-,24?,26-,27?,28-,29?,30?,32+,33-/m1/s1. The van der Waals surface area contributed by atoms with Gasteiger partial charge in [-0.05, 0) is 123 Å². The molecule has 0 radical (unpaired) electrons. The zero-order valence-corrected chi connectivity index (χ0v) is 24.2. The molecule has 0 bridgehead atoms. The number of carbonyl (C=O) groups excluding carboxylic acids is 1. The highest BCUT2D eigenvalue weighted by Crippen LogP contribution is 2.68. The summed E-state index contributed by atoms with van der Waals surface area (Å²) in [5, 5.41) is 10.3. The largest absolute Gasteiger partial charge is 0.393 e. The summed E-state index contributed by atoms with van der Waals surface area (Å²) in [5.41, 5.74) is 2.13. The maximum atomic E-state index is 13.2. The van der Waals surface area contributed by atoms with Crippen LogP contribution in [0.2, 0.25) is 0 Å². The summed E-state index contributed by atoms with van der Waals surface area (Å²) in [5.74, 6) is 5.12. The minimum Gasteiger partial charge on any atom is -0.393 e. The van der Waals surface area contributed by atoms with Crippen LogP contribution in [0.3, 0.4) is 0 Å². The molecule has 38 heavy (non-hydrogen) atoms. The highest BCUT2D eigenvalue weighted by Gasteiger charge is 2.60. The number of amides is 1. The molecule has 4 saturated carbocycles. The van der Waals surface area contributed by atoms with Crippen LogP contribution in [0.1, 0.15) is 91.4 Å². The summed E-state index contributed by atoms with van der Waals surface area (Å²) in [4.78, 5) is 21.8. The van der Waals surface area contributed by atoms with Gasteiger partial charge in [0.15, 0.2) is 0 Å². The third kappa shape index (κ3) is 4.59. The number of nitrogens with zero attached hydrogens (tertiary/aromatic N) is 3. The number of aromatic nitrogens is 1. The van der Waals surface area contributed by atoms with E-state index in [2.05, 4.69) is 47.7 Å². The van der Waals surface area contributed by atoms with Crippen molar-refractivity contribution in [1.82, 2.24) is 9.88 Å². The lowest BCUT2D eigenvalue weighted by atomic mass is 9.44. The van der Waals surface area contributed by atoms with Crippen molar-refractivity contribution in [2.24, 2.45) is 46.3 Å². The molecule has 4 aliphatic carbocycles. The van der Waals surface area contributed by atoms with Crippen molar-refractivity contribution in [2.75, 3.05) is 31.1 Å². The first kappa shape index (κ1) is 26.6. The van der Waals surface area contributed by atoms with Gasteiger partial charge in [0.1, 0.15) is 0 Å². The van der Waals surface area contributed by atoms with Gasteiger partial charge in [-0.3, -0.25) is 9.78 Å². The number of aliphatic hydroxyl groups excluding tert-OH is 1. The number of aliphatic hydroxyl groups is 1. The van der Waals surface area contributed by atoms with E-state index in [1.165, 1.54) is 50.6 Å². The molecule has 0 spiro atoms. The molecule has 6 rings (SSSR count). The van der Waals surface area contributed by atoms with Crippen molar-refractivity contribution >= 4 is 11.6 Å². The summed E-state index contributed by atoms with van der Waals surface area (Å²) in [6, 6.07) is 4.13. The Balaban J connectivity index is 1.03. The fraction of sp³-hybridized carbons (Fsp3) is 0.818. The number of piperazine rings is 1. The van der Waals surface area contributed by atoms with Gasteiger partial charge in [-0.1, -0.05) is 20.8 Å². The molecular formula is C33H51N3O2. The molecular weight excluding hydrogens is 470 g/mol. The number of hydrogen-bond acceptors (Lipinski definition) is 4. The van der Waals surface area contributed by atoms with E-state index in [0.717, 1.165) is 75.0 Å². The molecule has 2 heterocycles. The van der Waals surface area contributed by atoms with Crippen molar-refractivity contribution in [3.63, 3.8) is 0 Å².